The second kappa shape index (κ2) is 11.0. The number of amides is 2. The van der Waals surface area contributed by atoms with E-state index in [-0.39, 0.29) is 25.0 Å². The molecule has 8 heteroatoms. The number of hydrogen-bond acceptors (Lipinski definition) is 4. The molecule has 0 aliphatic heterocycles. The largest absolute Gasteiger partial charge is 0.352 e. The summed E-state index contributed by atoms with van der Waals surface area (Å²) < 4.78 is 26.4. The third-order valence-corrected chi connectivity index (χ3v) is 7.66. The Kier molecular flexibility index (Phi) is 8.36. The molecule has 0 radical (unpaired) electrons. The number of carbonyl (C=O) groups excluding carboxylic acids is 2. The molecule has 1 aliphatic rings. The second-order valence-corrected chi connectivity index (χ2v) is 11.1. The number of nitrogens with zero attached hydrogens (tertiary/aromatic N) is 2. The van der Waals surface area contributed by atoms with Crippen molar-refractivity contribution in [1.82, 2.24) is 10.2 Å². The Balaban J connectivity index is 1.87. The van der Waals surface area contributed by atoms with Crippen LogP contribution in [0.4, 0.5) is 5.69 Å². The fraction of sp³-hybridized carbons (Fsp3) is 0.462. The molecule has 2 aromatic rings. The molecule has 7 nitrogen and oxygen atoms in total. The summed E-state index contributed by atoms with van der Waals surface area (Å²) in [6, 6.07) is 14.1. The monoisotopic (exact) mass is 485 g/mol. The van der Waals surface area contributed by atoms with Crippen molar-refractivity contribution >= 4 is 27.5 Å². The smallest absolute Gasteiger partial charge is 0.244 e. The van der Waals surface area contributed by atoms with E-state index >= 15 is 0 Å². The molecule has 0 unspecified atom stereocenters. The SMILES string of the molecule is Cc1ccc(N(CC(=O)N(Cc2ccccc2)[C@@H](C)C(=O)NC2CCCC2)S(C)(=O)=O)cc1C. The highest BCUT2D eigenvalue weighted by molar-refractivity contribution is 7.92. The Labute approximate surface area is 203 Å². The molecule has 3 rings (SSSR count). The van der Waals surface area contributed by atoms with Crippen molar-refractivity contribution in [1.29, 1.82) is 0 Å². The van der Waals surface area contributed by atoms with Crippen LogP contribution in [0.25, 0.3) is 0 Å². The van der Waals surface area contributed by atoms with Gasteiger partial charge in [-0.2, -0.15) is 0 Å². The molecule has 1 aliphatic carbocycles. The minimum atomic E-state index is -3.73. The van der Waals surface area contributed by atoms with Gasteiger partial charge in [-0.05, 0) is 62.4 Å². The number of aryl methyl sites for hydroxylation is 2. The minimum absolute atomic E-state index is 0.131. The summed E-state index contributed by atoms with van der Waals surface area (Å²) >= 11 is 0. The van der Waals surface area contributed by atoms with Crippen LogP contribution in [0.2, 0.25) is 0 Å². The number of rotatable bonds is 9. The quantitative estimate of drug-likeness (QED) is 0.589. The first-order chi connectivity index (χ1) is 16.1. The molecule has 184 valence electrons. The van der Waals surface area contributed by atoms with Crippen LogP contribution in [0.3, 0.4) is 0 Å². The van der Waals surface area contributed by atoms with E-state index in [2.05, 4.69) is 5.32 Å². The van der Waals surface area contributed by atoms with E-state index in [4.69, 9.17) is 0 Å². The van der Waals surface area contributed by atoms with E-state index in [1.165, 1.54) is 4.90 Å². The first-order valence-electron chi connectivity index (χ1n) is 11.7. The van der Waals surface area contributed by atoms with Crippen molar-refractivity contribution in [2.75, 3.05) is 17.1 Å². The van der Waals surface area contributed by atoms with E-state index in [1.807, 2.05) is 50.2 Å². The van der Waals surface area contributed by atoms with Crippen molar-refractivity contribution < 1.29 is 18.0 Å². The van der Waals surface area contributed by atoms with Crippen molar-refractivity contribution in [3.05, 3.63) is 65.2 Å². The standard InChI is InChI=1S/C26H35N3O4S/c1-19-14-15-24(16-20(19)2)29(34(4,32)33)18-25(30)28(17-22-10-6-5-7-11-22)21(3)26(31)27-23-12-8-9-13-23/h5-7,10-11,14-16,21,23H,8-9,12-13,17-18H2,1-4H3,(H,27,31)/t21-/m0/s1. The first kappa shape index (κ1) is 25.7. The normalized spacial score (nSPS) is 15.1. The lowest BCUT2D eigenvalue weighted by molar-refractivity contribution is -0.139. The zero-order valence-corrected chi connectivity index (χ0v) is 21.3. The summed E-state index contributed by atoms with van der Waals surface area (Å²) in [6.45, 7) is 5.38. The molecule has 0 spiro atoms. The van der Waals surface area contributed by atoms with Crippen LogP contribution in [0.5, 0.6) is 0 Å². The molecule has 1 N–H and O–H groups in total. The van der Waals surface area contributed by atoms with Gasteiger partial charge in [0.1, 0.15) is 12.6 Å². The Morgan fingerprint density at radius 2 is 1.68 bits per heavy atom. The van der Waals surface area contributed by atoms with Crippen molar-refractivity contribution in [3.63, 3.8) is 0 Å². The highest BCUT2D eigenvalue weighted by Crippen LogP contribution is 2.23. The van der Waals surface area contributed by atoms with Gasteiger partial charge in [-0.1, -0.05) is 49.2 Å². The molecule has 34 heavy (non-hydrogen) atoms. The lowest BCUT2D eigenvalue weighted by Crippen LogP contribution is -2.52. The Morgan fingerprint density at radius 1 is 1.03 bits per heavy atom. The van der Waals surface area contributed by atoms with Gasteiger partial charge in [0, 0.05) is 12.6 Å². The maximum Gasteiger partial charge on any atom is 0.244 e. The third-order valence-electron chi connectivity index (χ3n) is 6.52. The summed E-state index contributed by atoms with van der Waals surface area (Å²) in [7, 11) is -3.73. The molecule has 0 heterocycles. The minimum Gasteiger partial charge on any atom is -0.352 e. The molecule has 0 bridgehead atoms. The highest BCUT2D eigenvalue weighted by Gasteiger charge is 2.31. The molecule has 1 atom stereocenters. The number of nitrogens with one attached hydrogen (secondary N) is 1. The Hall–Kier alpha value is -2.87. The van der Waals surface area contributed by atoms with Crippen molar-refractivity contribution in [2.45, 2.75) is 65.1 Å². The molecule has 1 saturated carbocycles. The molecule has 2 aromatic carbocycles. The molecular formula is C26H35N3O4S. The van der Waals surface area contributed by atoms with E-state index in [1.54, 1.807) is 19.1 Å². The molecule has 0 aromatic heterocycles. The van der Waals surface area contributed by atoms with Crippen molar-refractivity contribution in [3.8, 4) is 0 Å². The van der Waals surface area contributed by atoms with Crippen LogP contribution in [0.1, 0.15) is 49.3 Å². The molecule has 0 saturated heterocycles. The van der Waals surface area contributed by atoms with Gasteiger partial charge >= 0.3 is 0 Å². The highest BCUT2D eigenvalue weighted by atomic mass is 32.2. The third kappa shape index (κ3) is 6.59. The molecule has 1 fully saturated rings. The first-order valence-corrected chi connectivity index (χ1v) is 13.6. The lowest BCUT2D eigenvalue weighted by atomic mass is 10.1. The predicted molar refractivity (Wildman–Crippen MR) is 135 cm³/mol. The number of benzene rings is 2. The topological polar surface area (TPSA) is 86.8 Å². The number of hydrogen-bond donors (Lipinski definition) is 1. The van der Waals surface area contributed by atoms with E-state index in [0.29, 0.717) is 5.69 Å². The van der Waals surface area contributed by atoms with E-state index in [9.17, 15) is 18.0 Å². The van der Waals surface area contributed by atoms with Gasteiger partial charge in [0.25, 0.3) is 0 Å². The second-order valence-electron chi connectivity index (χ2n) is 9.21. The lowest BCUT2D eigenvalue weighted by Gasteiger charge is -2.32. The van der Waals surface area contributed by atoms with Crippen molar-refractivity contribution in [2.24, 2.45) is 0 Å². The number of carbonyl (C=O) groups is 2. The van der Waals surface area contributed by atoms with Gasteiger partial charge in [-0.25, -0.2) is 8.42 Å². The Morgan fingerprint density at radius 3 is 2.26 bits per heavy atom. The number of sulfonamides is 1. The van der Waals surface area contributed by atoms with Crippen LogP contribution < -0.4 is 9.62 Å². The van der Waals surface area contributed by atoms with Gasteiger partial charge in [-0.3, -0.25) is 13.9 Å². The summed E-state index contributed by atoms with van der Waals surface area (Å²) in [5.74, 6) is -0.644. The molecular weight excluding hydrogens is 450 g/mol. The van der Waals surface area contributed by atoms with E-state index in [0.717, 1.165) is 52.9 Å². The number of anilines is 1. The predicted octanol–water partition coefficient (Wildman–Crippen LogP) is 3.55. The van der Waals surface area contributed by atoms with Crippen LogP contribution in [0.15, 0.2) is 48.5 Å². The van der Waals surface area contributed by atoms with Gasteiger partial charge in [0.2, 0.25) is 21.8 Å². The summed E-state index contributed by atoms with van der Waals surface area (Å²) in [5.41, 5.74) is 3.27. The zero-order valence-electron chi connectivity index (χ0n) is 20.5. The van der Waals surface area contributed by atoms with Gasteiger partial charge in [-0.15, -0.1) is 0 Å². The van der Waals surface area contributed by atoms with Crippen LogP contribution in [-0.4, -0.2) is 50.0 Å². The van der Waals surface area contributed by atoms with Crippen LogP contribution in [0, 0.1) is 13.8 Å². The van der Waals surface area contributed by atoms with Gasteiger partial charge in [0.15, 0.2) is 0 Å². The van der Waals surface area contributed by atoms with Gasteiger partial charge < -0.3 is 10.2 Å². The maximum absolute atomic E-state index is 13.6. The maximum atomic E-state index is 13.6. The summed E-state index contributed by atoms with van der Waals surface area (Å²) in [4.78, 5) is 28.1. The van der Waals surface area contributed by atoms with Crippen LogP contribution >= 0.6 is 0 Å². The van der Waals surface area contributed by atoms with Crippen LogP contribution in [-0.2, 0) is 26.2 Å². The summed E-state index contributed by atoms with van der Waals surface area (Å²) in [6.07, 6.45) is 5.16. The van der Waals surface area contributed by atoms with Gasteiger partial charge in [0.05, 0.1) is 11.9 Å². The van der Waals surface area contributed by atoms with E-state index < -0.39 is 22.0 Å². The Bertz CT molecular complexity index is 1110. The zero-order chi connectivity index (χ0) is 24.9. The fourth-order valence-corrected chi connectivity index (χ4v) is 5.09. The summed E-state index contributed by atoms with van der Waals surface area (Å²) in [5, 5.41) is 3.06. The molecule has 2 amide bonds. The average molecular weight is 486 g/mol. The average Bonchev–Trinajstić information content (AvgIpc) is 3.30. The fourth-order valence-electron chi connectivity index (χ4n) is 4.25.